The molecular weight excluding hydrogens is 287 g/mol. The normalized spacial score (nSPS) is 13.9. The molecule has 1 aromatic rings. The number of rotatable bonds is 8. The summed E-state index contributed by atoms with van der Waals surface area (Å²) in [6, 6.07) is 3.73. The predicted octanol–water partition coefficient (Wildman–Crippen LogP) is 0.675. The van der Waals surface area contributed by atoms with Gasteiger partial charge in [0.1, 0.15) is 0 Å². The van der Waals surface area contributed by atoms with E-state index in [1.807, 2.05) is 0 Å². The quantitative estimate of drug-likeness (QED) is 0.514. The van der Waals surface area contributed by atoms with Crippen molar-refractivity contribution in [3.05, 3.63) is 30.1 Å². The average Bonchev–Trinajstić information content (AvgIpc) is 2.26. The minimum atomic E-state index is -3.92. The van der Waals surface area contributed by atoms with Crippen molar-refractivity contribution in [3.8, 4) is 0 Å². The summed E-state index contributed by atoms with van der Waals surface area (Å²) in [7, 11) is -3.92. The van der Waals surface area contributed by atoms with Gasteiger partial charge in [-0.2, -0.15) is 0 Å². The summed E-state index contributed by atoms with van der Waals surface area (Å²) in [5.41, 5.74) is 0.357. The van der Waals surface area contributed by atoms with Crippen LogP contribution in [-0.4, -0.2) is 38.1 Å². The molecule has 110 valence electrons. The summed E-state index contributed by atoms with van der Waals surface area (Å²) < 4.78 is 12.0. The van der Waals surface area contributed by atoms with E-state index in [4.69, 9.17) is 10.2 Å². The number of carboxylic acids is 2. The highest BCUT2D eigenvalue weighted by Crippen LogP contribution is 2.40. The van der Waals surface area contributed by atoms with Crippen molar-refractivity contribution in [2.45, 2.75) is 25.0 Å². The van der Waals surface area contributed by atoms with Crippen molar-refractivity contribution in [2.75, 3.05) is 0 Å². The SMILES string of the molecule is O=C(O)CC(CC(=O)O)NP(=O)(O)Cc1ccccn1. The van der Waals surface area contributed by atoms with Gasteiger partial charge in [-0.05, 0) is 12.1 Å². The zero-order valence-corrected chi connectivity index (χ0v) is 11.4. The monoisotopic (exact) mass is 302 g/mol. The average molecular weight is 302 g/mol. The van der Waals surface area contributed by atoms with Crippen molar-refractivity contribution in [1.82, 2.24) is 10.1 Å². The zero-order valence-electron chi connectivity index (χ0n) is 10.5. The lowest BCUT2D eigenvalue weighted by Crippen LogP contribution is -2.31. The molecule has 0 spiro atoms. The van der Waals surface area contributed by atoms with Crippen molar-refractivity contribution in [2.24, 2.45) is 0 Å². The van der Waals surface area contributed by atoms with Crippen molar-refractivity contribution in [3.63, 3.8) is 0 Å². The second kappa shape index (κ2) is 7.14. The van der Waals surface area contributed by atoms with Gasteiger partial charge in [0.25, 0.3) is 7.52 Å². The number of nitrogens with one attached hydrogen (secondary N) is 1. The van der Waals surface area contributed by atoms with Crippen LogP contribution in [0.1, 0.15) is 18.5 Å². The second-order valence-corrected chi connectivity index (χ2v) is 6.18. The van der Waals surface area contributed by atoms with Crippen LogP contribution in [0.3, 0.4) is 0 Å². The van der Waals surface area contributed by atoms with Gasteiger partial charge in [0.05, 0.1) is 24.7 Å². The van der Waals surface area contributed by atoms with Crippen LogP contribution in [0.25, 0.3) is 0 Å². The maximum atomic E-state index is 12.0. The second-order valence-electron chi connectivity index (χ2n) is 4.20. The van der Waals surface area contributed by atoms with Crippen LogP contribution < -0.4 is 5.09 Å². The number of aromatic nitrogens is 1. The highest BCUT2D eigenvalue weighted by atomic mass is 31.2. The Balaban J connectivity index is 2.72. The Bertz CT molecular complexity index is 505. The molecule has 0 aliphatic heterocycles. The molecule has 8 nitrogen and oxygen atoms in total. The number of aliphatic carboxylic acids is 2. The molecule has 0 bridgehead atoms. The molecule has 0 saturated heterocycles. The molecule has 9 heteroatoms. The molecule has 0 aliphatic rings. The maximum absolute atomic E-state index is 12.0. The summed E-state index contributed by atoms with van der Waals surface area (Å²) in [4.78, 5) is 34.9. The van der Waals surface area contributed by atoms with E-state index in [-0.39, 0.29) is 6.16 Å². The van der Waals surface area contributed by atoms with E-state index in [1.165, 1.54) is 6.20 Å². The Morgan fingerprint density at radius 3 is 2.30 bits per heavy atom. The molecule has 0 saturated carbocycles. The number of carbonyl (C=O) groups is 2. The largest absolute Gasteiger partial charge is 0.481 e. The summed E-state index contributed by atoms with van der Waals surface area (Å²) in [5.74, 6) is -2.50. The zero-order chi connectivity index (χ0) is 15.2. The van der Waals surface area contributed by atoms with Crippen molar-refractivity contribution < 1.29 is 29.3 Å². The van der Waals surface area contributed by atoms with E-state index in [0.29, 0.717) is 5.69 Å². The van der Waals surface area contributed by atoms with Gasteiger partial charge in [-0.1, -0.05) is 6.07 Å². The number of nitrogens with zero attached hydrogens (tertiary/aromatic N) is 1. The lowest BCUT2D eigenvalue weighted by atomic mass is 10.1. The van der Waals surface area contributed by atoms with E-state index in [0.717, 1.165) is 0 Å². The highest BCUT2D eigenvalue weighted by Gasteiger charge is 2.27. The summed E-state index contributed by atoms with van der Waals surface area (Å²) in [6.45, 7) is 0. The van der Waals surface area contributed by atoms with Gasteiger partial charge >= 0.3 is 11.9 Å². The van der Waals surface area contributed by atoms with Gasteiger partial charge in [0, 0.05) is 12.2 Å². The van der Waals surface area contributed by atoms with Gasteiger partial charge in [-0.25, -0.2) is 5.09 Å². The van der Waals surface area contributed by atoms with Gasteiger partial charge in [-0.3, -0.25) is 19.1 Å². The van der Waals surface area contributed by atoms with Crippen molar-refractivity contribution >= 4 is 19.5 Å². The van der Waals surface area contributed by atoms with Gasteiger partial charge in [-0.15, -0.1) is 0 Å². The minimum Gasteiger partial charge on any atom is -0.481 e. The molecule has 0 radical (unpaired) electrons. The van der Waals surface area contributed by atoms with E-state index < -0.39 is 38.3 Å². The van der Waals surface area contributed by atoms with E-state index in [2.05, 4.69) is 10.1 Å². The fourth-order valence-electron chi connectivity index (χ4n) is 1.63. The molecular formula is C11H15N2O6P. The fourth-order valence-corrected chi connectivity index (χ4v) is 3.10. The lowest BCUT2D eigenvalue weighted by molar-refractivity contribution is -0.139. The maximum Gasteiger partial charge on any atom is 0.304 e. The van der Waals surface area contributed by atoms with E-state index in [9.17, 15) is 19.0 Å². The Kier molecular flexibility index (Phi) is 5.82. The van der Waals surface area contributed by atoms with Crippen LogP contribution in [0, 0.1) is 0 Å². The Labute approximate surface area is 115 Å². The standard InChI is InChI=1S/C11H15N2O6P/c14-10(15)5-9(6-11(16)17)13-20(18,19)7-8-3-1-2-4-12-8/h1-4,9H,5-7H2,(H,14,15)(H,16,17)(H2,13,18,19). The fraction of sp³-hybridized carbons (Fsp3) is 0.364. The van der Waals surface area contributed by atoms with Gasteiger partial charge in [0.15, 0.2) is 0 Å². The summed E-state index contributed by atoms with van der Waals surface area (Å²) in [6.07, 6.45) is 0.0447. The molecule has 1 unspecified atom stereocenters. The van der Waals surface area contributed by atoms with Crippen LogP contribution in [0.15, 0.2) is 24.4 Å². The molecule has 0 aliphatic carbocycles. The third kappa shape index (κ3) is 6.42. The van der Waals surface area contributed by atoms with Crippen LogP contribution in [-0.2, 0) is 20.3 Å². The first-order valence-electron chi connectivity index (χ1n) is 5.71. The number of hydrogen-bond donors (Lipinski definition) is 4. The Morgan fingerprint density at radius 2 is 1.85 bits per heavy atom. The molecule has 1 rings (SSSR count). The third-order valence-electron chi connectivity index (χ3n) is 2.33. The Morgan fingerprint density at radius 1 is 1.25 bits per heavy atom. The predicted molar refractivity (Wildman–Crippen MR) is 69.2 cm³/mol. The first kappa shape index (κ1) is 16.3. The number of hydrogen-bond acceptors (Lipinski definition) is 4. The number of carboxylic acid groups (broad SMARTS) is 2. The molecule has 1 aromatic heterocycles. The van der Waals surface area contributed by atoms with Gasteiger partial charge < -0.3 is 15.1 Å². The highest BCUT2D eigenvalue weighted by molar-refractivity contribution is 7.55. The molecule has 0 amide bonds. The molecule has 4 N–H and O–H groups in total. The lowest BCUT2D eigenvalue weighted by Gasteiger charge is -2.19. The molecule has 1 atom stereocenters. The van der Waals surface area contributed by atoms with Crippen molar-refractivity contribution in [1.29, 1.82) is 0 Å². The van der Waals surface area contributed by atoms with Crippen LogP contribution in [0.5, 0.6) is 0 Å². The molecule has 20 heavy (non-hydrogen) atoms. The van der Waals surface area contributed by atoms with E-state index in [1.54, 1.807) is 18.2 Å². The molecule has 0 fully saturated rings. The van der Waals surface area contributed by atoms with Gasteiger partial charge in [0.2, 0.25) is 0 Å². The Hall–Kier alpha value is -1.76. The number of pyridine rings is 1. The molecule has 1 heterocycles. The topological polar surface area (TPSA) is 137 Å². The van der Waals surface area contributed by atoms with E-state index >= 15 is 0 Å². The third-order valence-corrected chi connectivity index (χ3v) is 3.85. The summed E-state index contributed by atoms with van der Waals surface area (Å²) >= 11 is 0. The van der Waals surface area contributed by atoms with Crippen LogP contribution in [0.2, 0.25) is 0 Å². The minimum absolute atomic E-state index is 0.302. The first-order valence-corrected chi connectivity index (χ1v) is 7.56. The van der Waals surface area contributed by atoms with Crippen LogP contribution in [0.4, 0.5) is 0 Å². The van der Waals surface area contributed by atoms with Crippen LogP contribution >= 0.6 is 7.52 Å². The summed E-state index contributed by atoms with van der Waals surface area (Å²) in [5, 5.41) is 19.5. The first-order chi connectivity index (χ1) is 9.28. The smallest absolute Gasteiger partial charge is 0.304 e. The molecule has 0 aromatic carbocycles.